The highest BCUT2D eigenvalue weighted by Crippen LogP contribution is 2.35. The normalized spacial score (nSPS) is 31.4. The second-order valence-corrected chi connectivity index (χ2v) is 7.38. The zero-order valence-corrected chi connectivity index (χ0v) is 12.2. The number of nitrogens with one attached hydrogen (secondary N) is 1. The third kappa shape index (κ3) is 3.03. The minimum absolute atomic E-state index is 0.379. The quantitative estimate of drug-likeness (QED) is 0.755. The van der Waals surface area contributed by atoms with E-state index in [1.54, 1.807) is 0 Å². The summed E-state index contributed by atoms with van der Waals surface area (Å²) >= 11 is 0. The van der Waals surface area contributed by atoms with Gasteiger partial charge in [0.1, 0.15) is 0 Å². The van der Waals surface area contributed by atoms with Crippen molar-refractivity contribution >= 4 is 0 Å². The number of hydrogen-bond donors (Lipinski definition) is 1. The Balaban J connectivity index is 2.01. The predicted molar refractivity (Wildman–Crippen MR) is 74.3 cm³/mol. The molecule has 1 aliphatic carbocycles. The maximum absolute atomic E-state index is 3.70. The molecule has 1 heterocycles. The van der Waals surface area contributed by atoms with E-state index in [1.807, 2.05) is 0 Å². The van der Waals surface area contributed by atoms with Crippen LogP contribution in [0.3, 0.4) is 0 Å². The van der Waals surface area contributed by atoms with Gasteiger partial charge in [0.05, 0.1) is 0 Å². The van der Waals surface area contributed by atoms with Gasteiger partial charge >= 0.3 is 0 Å². The highest BCUT2D eigenvalue weighted by Gasteiger charge is 2.38. The van der Waals surface area contributed by atoms with Crippen LogP contribution in [0.1, 0.15) is 59.8 Å². The molecule has 0 radical (unpaired) electrons. The van der Waals surface area contributed by atoms with Gasteiger partial charge in [-0.05, 0) is 25.2 Å². The third-order valence-electron chi connectivity index (χ3n) is 4.91. The van der Waals surface area contributed by atoms with Crippen LogP contribution >= 0.6 is 0 Å². The van der Waals surface area contributed by atoms with Gasteiger partial charge in [-0.2, -0.15) is 0 Å². The van der Waals surface area contributed by atoms with Crippen molar-refractivity contribution in [2.45, 2.75) is 71.4 Å². The van der Waals surface area contributed by atoms with E-state index < -0.39 is 0 Å². The average Bonchev–Trinajstić information content (AvgIpc) is 2.29. The zero-order valence-electron chi connectivity index (χ0n) is 12.2. The Labute approximate surface area is 107 Å². The van der Waals surface area contributed by atoms with Crippen molar-refractivity contribution in [2.24, 2.45) is 5.41 Å². The number of hydrogen-bond acceptors (Lipinski definition) is 2. The van der Waals surface area contributed by atoms with Gasteiger partial charge < -0.3 is 5.32 Å². The predicted octanol–water partition coefficient (Wildman–Crippen LogP) is 3.03. The third-order valence-corrected chi connectivity index (χ3v) is 4.91. The molecule has 2 fully saturated rings. The molecule has 2 rings (SSSR count). The summed E-state index contributed by atoms with van der Waals surface area (Å²) in [4.78, 5) is 2.78. The van der Waals surface area contributed by atoms with Crippen molar-refractivity contribution in [2.75, 3.05) is 19.6 Å². The second kappa shape index (κ2) is 4.89. The van der Waals surface area contributed by atoms with Gasteiger partial charge in [-0.3, -0.25) is 4.90 Å². The second-order valence-electron chi connectivity index (χ2n) is 7.38. The van der Waals surface area contributed by atoms with Crippen molar-refractivity contribution in [3.05, 3.63) is 0 Å². The molecular weight excluding hydrogens is 208 g/mol. The van der Waals surface area contributed by atoms with Crippen LogP contribution in [-0.2, 0) is 0 Å². The standard InChI is InChI=1S/C15H30N2/c1-14(2,3)13-12-17(11-10-16-13)15(4)8-6-5-7-9-15/h13,16H,5-12H2,1-4H3. The van der Waals surface area contributed by atoms with Gasteiger partial charge in [0.15, 0.2) is 0 Å². The van der Waals surface area contributed by atoms with Gasteiger partial charge in [0.25, 0.3) is 0 Å². The molecule has 17 heavy (non-hydrogen) atoms. The summed E-state index contributed by atoms with van der Waals surface area (Å²) in [6, 6.07) is 0.648. The van der Waals surface area contributed by atoms with E-state index in [-0.39, 0.29) is 0 Å². The Bertz CT molecular complexity index is 248. The lowest BCUT2D eigenvalue weighted by atomic mass is 9.79. The Morgan fingerprint density at radius 3 is 2.35 bits per heavy atom. The lowest BCUT2D eigenvalue weighted by Crippen LogP contribution is -2.62. The van der Waals surface area contributed by atoms with E-state index in [2.05, 4.69) is 37.9 Å². The molecule has 0 spiro atoms. The van der Waals surface area contributed by atoms with Crippen LogP contribution in [0.2, 0.25) is 0 Å². The highest BCUT2D eigenvalue weighted by atomic mass is 15.3. The molecule has 1 unspecified atom stereocenters. The van der Waals surface area contributed by atoms with Crippen LogP contribution in [0.4, 0.5) is 0 Å². The van der Waals surface area contributed by atoms with E-state index in [4.69, 9.17) is 0 Å². The summed E-state index contributed by atoms with van der Waals surface area (Å²) in [5, 5.41) is 3.70. The molecular formula is C15H30N2. The summed E-state index contributed by atoms with van der Waals surface area (Å²) in [6.07, 6.45) is 7.12. The highest BCUT2D eigenvalue weighted by molar-refractivity contribution is 4.96. The van der Waals surface area contributed by atoms with Crippen LogP contribution in [0, 0.1) is 5.41 Å². The fourth-order valence-electron chi connectivity index (χ4n) is 3.45. The van der Waals surface area contributed by atoms with Gasteiger partial charge in [0, 0.05) is 31.2 Å². The largest absolute Gasteiger partial charge is 0.311 e. The van der Waals surface area contributed by atoms with Crippen LogP contribution in [0.25, 0.3) is 0 Å². The monoisotopic (exact) mass is 238 g/mol. The first kappa shape index (κ1) is 13.4. The molecule has 1 saturated carbocycles. The van der Waals surface area contributed by atoms with Gasteiger partial charge in [-0.25, -0.2) is 0 Å². The first-order chi connectivity index (χ1) is 7.92. The van der Waals surface area contributed by atoms with Gasteiger partial charge in [0.2, 0.25) is 0 Å². The van der Waals surface area contributed by atoms with E-state index in [0.29, 0.717) is 17.0 Å². The SMILES string of the molecule is CC(C)(C)C1CN(C2(C)CCCCC2)CCN1. The molecule has 0 bridgehead atoms. The smallest absolute Gasteiger partial charge is 0.0244 e. The number of nitrogens with zero attached hydrogens (tertiary/aromatic N) is 1. The molecule has 100 valence electrons. The molecule has 1 saturated heterocycles. The van der Waals surface area contributed by atoms with Crippen LogP contribution in [0.15, 0.2) is 0 Å². The summed E-state index contributed by atoms with van der Waals surface area (Å²) in [5.74, 6) is 0. The van der Waals surface area contributed by atoms with E-state index >= 15 is 0 Å². The van der Waals surface area contributed by atoms with Gasteiger partial charge in [-0.1, -0.05) is 40.0 Å². The van der Waals surface area contributed by atoms with E-state index in [9.17, 15) is 0 Å². The molecule has 0 aromatic rings. The topological polar surface area (TPSA) is 15.3 Å². The summed E-state index contributed by atoms with van der Waals surface area (Å²) in [7, 11) is 0. The van der Waals surface area contributed by atoms with E-state index in [0.717, 1.165) is 6.54 Å². The minimum atomic E-state index is 0.379. The van der Waals surface area contributed by atoms with Crippen molar-refractivity contribution < 1.29 is 0 Å². The maximum Gasteiger partial charge on any atom is 0.0244 e. The Hall–Kier alpha value is -0.0800. The first-order valence-electron chi connectivity index (χ1n) is 7.40. The van der Waals surface area contributed by atoms with Crippen molar-refractivity contribution in [1.82, 2.24) is 10.2 Å². The number of piperazine rings is 1. The molecule has 0 amide bonds. The molecule has 2 nitrogen and oxygen atoms in total. The molecule has 0 aromatic heterocycles. The lowest BCUT2D eigenvalue weighted by molar-refractivity contribution is 0.0199. The Morgan fingerprint density at radius 1 is 1.12 bits per heavy atom. The average molecular weight is 238 g/mol. The van der Waals surface area contributed by atoms with Crippen LogP contribution < -0.4 is 5.32 Å². The fourth-order valence-corrected chi connectivity index (χ4v) is 3.45. The summed E-state index contributed by atoms with van der Waals surface area (Å²) in [5.41, 5.74) is 0.869. The molecule has 2 aliphatic rings. The molecule has 0 aromatic carbocycles. The van der Waals surface area contributed by atoms with Crippen molar-refractivity contribution in [1.29, 1.82) is 0 Å². The first-order valence-corrected chi connectivity index (χ1v) is 7.40. The maximum atomic E-state index is 3.70. The Kier molecular flexibility index (Phi) is 3.84. The fraction of sp³-hybridized carbons (Fsp3) is 1.00. The van der Waals surface area contributed by atoms with Gasteiger partial charge in [-0.15, -0.1) is 0 Å². The van der Waals surface area contributed by atoms with Crippen LogP contribution in [-0.4, -0.2) is 36.1 Å². The summed E-state index contributed by atoms with van der Waals surface area (Å²) in [6.45, 7) is 13.2. The molecule has 1 atom stereocenters. The lowest BCUT2D eigenvalue weighted by Gasteiger charge is -2.50. The molecule has 1 aliphatic heterocycles. The zero-order chi connectivity index (χ0) is 12.5. The summed E-state index contributed by atoms with van der Waals surface area (Å²) < 4.78 is 0. The minimum Gasteiger partial charge on any atom is -0.311 e. The van der Waals surface area contributed by atoms with E-state index in [1.165, 1.54) is 45.2 Å². The van der Waals surface area contributed by atoms with Crippen molar-refractivity contribution in [3.8, 4) is 0 Å². The van der Waals surface area contributed by atoms with Crippen LogP contribution in [0.5, 0.6) is 0 Å². The number of rotatable bonds is 1. The Morgan fingerprint density at radius 2 is 1.76 bits per heavy atom. The molecule has 2 heteroatoms. The molecule has 1 N–H and O–H groups in total. The van der Waals surface area contributed by atoms with Crippen molar-refractivity contribution in [3.63, 3.8) is 0 Å².